The second-order valence-corrected chi connectivity index (χ2v) is 8.95. The van der Waals surface area contributed by atoms with E-state index in [1.807, 2.05) is 83.2 Å². The Morgan fingerprint density at radius 2 is 1.89 bits per heavy atom. The van der Waals surface area contributed by atoms with Gasteiger partial charge in [-0.1, -0.05) is 68.5 Å². The fraction of sp³-hybridized carbons (Fsp3) is 0.300. The summed E-state index contributed by atoms with van der Waals surface area (Å²) < 4.78 is 0. The Hall–Kier alpha value is -3.64. The number of aliphatic imine (C=N–C) groups is 1. The molecule has 37 heavy (non-hydrogen) atoms. The predicted molar refractivity (Wildman–Crippen MR) is 157 cm³/mol. The topological polar surface area (TPSA) is 82.6 Å². The lowest BCUT2D eigenvalue weighted by molar-refractivity contribution is -0.117. The van der Waals surface area contributed by atoms with Crippen molar-refractivity contribution >= 4 is 40.6 Å². The van der Waals surface area contributed by atoms with E-state index in [0.717, 1.165) is 16.7 Å². The molecule has 2 aromatic carbocycles. The van der Waals surface area contributed by atoms with Gasteiger partial charge in [-0.2, -0.15) is 0 Å². The van der Waals surface area contributed by atoms with Gasteiger partial charge in [0.15, 0.2) is 0 Å². The molecule has 0 aliphatic carbocycles. The van der Waals surface area contributed by atoms with E-state index in [2.05, 4.69) is 22.5 Å². The third kappa shape index (κ3) is 8.76. The summed E-state index contributed by atoms with van der Waals surface area (Å²) in [5.41, 5.74) is 4.59. The molecule has 3 amide bonds. The Balaban J connectivity index is 0.00000235. The lowest BCUT2D eigenvalue weighted by Gasteiger charge is -2.13. The highest BCUT2D eigenvalue weighted by Crippen LogP contribution is 2.29. The minimum atomic E-state index is -0.584. The number of nitrogens with one attached hydrogen (secondary N) is 3. The zero-order chi connectivity index (χ0) is 27.4. The Kier molecular flexibility index (Phi) is 11.8. The van der Waals surface area contributed by atoms with Gasteiger partial charge >= 0.3 is 6.03 Å². The molecule has 6 nitrogen and oxygen atoms in total. The average Bonchev–Trinajstić information content (AvgIpc) is 3.01. The van der Waals surface area contributed by atoms with Gasteiger partial charge < -0.3 is 16.0 Å². The van der Waals surface area contributed by atoms with Gasteiger partial charge in [0, 0.05) is 27.9 Å². The van der Waals surface area contributed by atoms with E-state index in [0.29, 0.717) is 35.0 Å². The van der Waals surface area contributed by atoms with Gasteiger partial charge in [-0.25, -0.2) is 4.79 Å². The number of rotatable bonds is 8. The van der Waals surface area contributed by atoms with Crippen LogP contribution < -0.4 is 16.0 Å². The fourth-order valence-corrected chi connectivity index (χ4v) is 3.84. The van der Waals surface area contributed by atoms with Crippen LogP contribution in [-0.4, -0.2) is 29.7 Å². The van der Waals surface area contributed by atoms with Crippen LogP contribution in [0.1, 0.15) is 58.6 Å². The monoisotopic (exact) mass is 520 g/mol. The zero-order valence-corrected chi connectivity index (χ0v) is 23.0. The first-order valence-electron chi connectivity index (χ1n) is 12.6. The predicted octanol–water partition coefficient (Wildman–Crippen LogP) is 7.52. The van der Waals surface area contributed by atoms with Gasteiger partial charge in [0.1, 0.15) is 6.04 Å². The third-order valence-corrected chi connectivity index (χ3v) is 5.62. The van der Waals surface area contributed by atoms with Crippen LogP contribution >= 0.6 is 11.6 Å². The summed E-state index contributed by atoms with van der Waals surface area (Å²) in [7, 11) is 0. The molecule has 1 atom stereocenters. The molecule has 1 aliphatic rings. The van der Waals surface area contributed by atoms with Crippen LogP contribution in [0, 0.1) is 0 Å². The molecule has 2 aromatic rings. The van der Waals surface area contributed by atoms with Crippen molar-refractivity contribution in [2.45, 2.75) is 59.5 Å². The van der Waals surface area contributed by atoms with Crippen LogP contribution in [0.25, 0.3) is 0 Å². The number of amides is 3. The van der Waals surface area contributed by atoms with Crippen LogP contribution in [0.15, 0.2) is 83.9 Å². The molecule has 0 saturated carbocycles. The molecule has 1 heterocycles. The van der Waals surface area contributed by atoms with Crippen LogP contribution in [0.5, 0.6) is 0 Å². The lowest BCUT2D eigenvalue weighted by atomic mass is 10.00. The molecule has 1 aliphatic heterocycles. The van der Waals surface area contributed by atoms with Gasteiger partial charge in [-0.05, 0) is 69.5 Å². The second kappa shape index (κ2) is 14.8. The van der Waals surface area contributed by atoms with Gasteiger partial charge in [0.05, 0.1) is 11.4 Å². The number of allylic oxidation sites excluding steroid dienone is 5. The Morgan fingerprint density at radius 3 is 2.51 bits per heavy atom. The van der Waals surface area contributed by atoms with Crippen molar-refractivity contribution in [2.24, 2.45) is 4.99 Å². The van der Waals surface area contributed by atoms with Gasteiger partial charge in [0.2, 0.25) is 5.91 Å². The minimum Gasteiger partial charge on any atom is -0.336 e. The van der Waals surface area contributed by atoms with Gasteiger partial charge in [0.25, 0.3) is 0 Å². The molecule has 0 bridgehead atoms. The molecule has 0 saturated heterocycles. The number of carbonyl (C=O) groups excluding carboxylic acids is 2. The lowest BCUT2D eigenvalue weighted by Crippen LogP contribution is -2.34. The molecule has 0 fully saturated rings. The second-order valence-electron chi connectivity index (χ2n) is 8.51. The SMILES string of the molecule is C=C/C(=C\C=C/C)CCC1N=C(c2ccc(NC(=O)NC(C)C)cc2)c2cc(Cl)ccc2NC1=O.CC. The van der Waals surface area contributed by atoms with Crippen LogP contribution in [0.3, 0.4) is 0 Å². The van der Waals surface area contributed by atoms with Crippen molar-refractivity contribution in [3.05, 3.63) is 95.1 Å². The summed E-state index contributed by atoms with van der Waals surface area (Å²) in [6, 6.07) is 11.9. The molecule has 0 radical (unpaired) electrons. The number of benzene rings is 2. The number of hydrogen-bond acceptors (Lipinski definition) is 3. The van der Waals surface area contributed by atoms with Crippen LogP contribution in [0.2, 0.25) is 5.02 Å². The number of fused-ring (bicyclic) bond motifs is 1. The van der Waals surface area contributed by atoms with E-state index in [1.165, 1.54) is 0 Å². The van der Waals surface area contributed by atoms with Gasteiger partial charge in [-0.15, -0.1) is 0 Å². The maximum absolute atomic E-state index is 13.1. The van der Waals surface area contributed by atoms with Crippen molar-refractivity contribution in [1.29, 1.82) is 0 Å². The Morgan fingerprint density at radius 1 is 1.19 bits per heavy atom. The Bertz CT molecular complexity index is 1180. The highest BCUT2D eigenvalue weighted by molar-refractivity contribution is 6.32. The van der Waals surface area contributed by atoms with E-state index in [1.54, 1.807) is 18.2 Å². The summed E-state index contributed by atoms with van der Waals surface area (Å²) in [6.07, 6.45) is 8.88. The maximum Gasteiger partial charge on any atom is 0.319 e. The molecule has 0 spiro atoms. The summed E-state index contributed by atoms with van der Waals surface area (Å²) >= 11 is 6.30. The van der Waals surface area contributed by atoms with Crippen molar-refractivity contribution in [3.63, 3.8) is 0 Å². The highest BCUT2D eigenvalue weighted by Gasteiger charge is 2.26. The minimum absolute atomic E-state index is 0.0345. The largest absolute Gasteiger partial charge is 0.336 e. The number of carbonyl (C=O) groups is 2. The first-order valence-corrected chi connectivity index (χ1v) is 13.0. The van der Waals surface area contributed by atoms with Crippen LogP contribution in [0.4, 0.5) is 16.2 Å². The quantitative estimate of drug-likeness (QED) is 0.314. The van der Waals surface area contributed by atoms with Crippen molar-refractivity contribution in [2.75, 3.05) is 10.6 Å². The van der Waals surface area contributed by atoms with Crippen molar-refractivity contribution in [3.8, 4) is 0 Å². The highest BCUT2D eigenvalue weighted by atomic mass is 35.5. The molecule has 0 aromatic heterocycles. The van der Waals surface area contributed by atoms with Crippen LogP contribution in [-0.2, 0) is 4.79 Å². The number of benzodiazepines with no additional fused rings is 1. The number of halogens is 1. The first-order chi connectivity index (χ1) is 17.8. The molecular formula is C30H37ClN4O2. The molecule has 3 N–H and O–H groups in total. The van der Waals surface area contributed by atoms with Crippen molar-refractivity contribution in [1.82, 2.24) is 5.32 Å². The number of hydrogen-bond donors (Lipinski definition) is 3. The third-order valence-electron chi connectivity index (χ3n) is 5.39. The van der Waals surface area contributed by atoms with E-state index in [9.17, 15) is 9.59 Å². The average molecular weight is 521 g/mol. The summed E-state index contributed by atoms with van der Waals surface area (Å²) in [4.78, 5) is 30.0. The van der Waals surface area contributed by atoms with E-state index < -0.39 is 6.04 Å². The van der Waals surface area contributed by atoms with E-state index in [4.69, 9.17) is 16.6 Å². The molecule has 1 unspecified atom stereocenters. The van der Waals surface area contributed by atoms with E-state index >= 15 is 0 Å². The van der Waals surface area contributed by atoms with E-state index in [-0.39, 0.29) is 18.0 Å². The molecule has 3 rings (SSSR count). The van der Waals surface area contributed by atoms with Gasteiger partial charge in [-0.3, -0.25) is 9.79 Å². The summed E-state index contributed by atoms with van der Waals surface area (Å²) in [6.45, 7) is 13.6. The number of nitrogens with zero attached hydrogens (tertiary/aromatic N) is 1. The normalized spacial score (nSPS) is 15.1. The number of anilines is 2. The molecule has 7 heteroatoms. The molecular weight excluding hydrogens is 484 g/mol. The standard InChI is InChI=1S/C28H31ClN4O2.C2H6/c1-5-7-8-19(6-2)9-15-25-27(34)33-24-16-12-21(29)17-23(24)26(32-25)20-10-13-22(14-11-20)31-28(35)30-18(3)4;1-2/h5-8,10-14,16-18,25H,2,9,15H2,1,3-4H3,(H,33,34)(H2,30,31,35);1-2H3/b7-5-,19-8+;. The Labute approximate surface area is 225 Å². The smallest absolute Gasteiger partial charge is 0.319 e. The zero-order valence-electron chi connectivity index (χ0n) is 22.3. The first kappa shape index (κ1) is 29.6. The maximum atomic E-state index is 13.1. The summed E-state index contributed by atoms with van der Waals surface area (Å²) in [5.74, 6) is -0.165. The van der Waals surface area contributed by atoms with Crippen molar-refractivity contribution < 1.29 is 9.59 Å². The molecule has 196 valence electrons. The fourth-order valence-electron chi connectivity index (χ4n) is 3.66. The summed E-state index contributed by atoms with van der Waals surface area (Å²) in [5, 5.41) is 9.17. The number of urea groups is 1.